The summed E-state index contributed by atoms with van der Waals surface area (Å²) in [6, 6.07) is 9.12. The van der Waals surface area contributed by atoms with E-state index in [-0.39, 0.29) is 5.91 Å². The smallest absolute Gasteiger partial charge is 0.265 e. The van der Waals surface area contributed by atoms with Gasteiger partial charge in [-0.05, 0) is 36.1 Å². The zero-order valence-electron chi connectivity index (χ0n) is 14.3. The zero-order chi connectivity index (χ0) is 17.8. The Kier molecular flexibility index (Phi) is 5.04. The summed E-state index contributed by atoms with van der Waals surface area (Å²) in [7, 11) is 3.20. The minimum absolute atomic E-state index is 0.158. The summed E-state index contributed by atoms with van der Waals surface area (Å²) in [4.78, 5) is 13.1. The predicted molar refractivity (Wildman–Crippen MR) is 98.8 cm³/mol. The lowest BCUT2D eigenvalue weighted by Gasteiger charge is -2.11. The van der Waals surface area contributed by atoms with Gasteiger partial charge in [0, 0.05) is 5.56 Å². The fraction of sp³-hybridized carbons (Fsp3) is 0.222. The van der Waals surface area contributed by atoms with Gasteiger partial charge in [0.25, 0.3) is 5.91 Å². The maximum absolute atomic E-state index is 12.5. The van der Waals surface area contributed by atoms with Gasteiger partial charge in [-0.3, -0.25) is 9.89 Å². The highest BCUT2D eigenvalue weighted by molar-refractivity contribution is 7.12. The van der Waals surface area contributed by atoms with Crippen molar-refractivity contribution in [2.75, 3.05) is 19.5 Å². The molecule has 0 aliphatic carbocycles. The van der Waals surface area contributed by atoms with Gasteiger partial charge >= 0.3 is 0 Å². The highest BCUT2D eigenvalue weighted by Gasteiger charge is 2.20. The van der Waals surface area contributed by atoms with E-state index in [1.54, 1.807) is 20.3 Å². The molecule has 6 nitrogen and oxygen atoms in total. The number of aromatic amines is 1. The average Bonchev–Trinajstić information content (AvgIpc) is 3.31. The van der Waals surface area contributed by atoms with E-state index < -0.39 is 0 Å². The van der Waals surface area contributed by atoms with Crippen molar-refractivity contribution in [2.45, 2.75) is 13.3 Å². The number of carbonyl (C=O) groups excluding carboxylic acids is 1. The lowest BCUT2D eigenvalue weighted by Crippen LogP contribution is -2.11. The standard InChI is InChI=1S/C18H19N3O3S/c1-4-13-17(19-18(22)15-6-5-9-25-15)16(21-20-13)12-10-11(23-2)7-8-14(12)24-3/h5-10H,4H2,1-3H3,(H,19,22)(H,20,21). The molecule has 0 bridgehead atoms. The van der Waals surface area contributed by atoms with E-state index in [1.807, 2.05) is 36.6 Å². The van der Waals surface area contributed by atoms with Gasteiger partial charge in [-0.2, -0.15) is 5.10 Å². The molecule has 0 saturated heterocycles. The van der Waals surface area contributed by atoms with Crippen LogP contribution in [0.15, 0.2) is 35.7 Å². The van der Waals surface area contributed by atoms with Gasteiger partial charge < -0.3 is 14.8 Å². The first kappa shape index (κ1) is 17.0. The van der Waals surface area contributed by atoms with Crippen molar-refractivity contribution < 1.29 is 14.3 Å². The van der Waals surface area contributed by atoms with Crippen LogP contribution in [0.5, 0.6) is 11.5 Å². The second-order valence-corrected chi connectivity index (χ2v) is 6.22. The van der Waals surface area contributed by atoms with Crippen LogP contribution in [-0.2, 0) is 6.42 Å². The normalized spacial score (nSPS) is 10.5. The molecule has 1 amide bonds. The molecule has 3 rings (SSSR count). The number of aryl methyl sites for hydroxylation is 1. The Morgan fingerprint density at radius 1 is 1.28 bits per heavy atom. The largest absolute Gasteiger partial charge is 0.497 e. The molecule has 0 aliphatic rings. The summed E-state index contributed by atoms with van der Waals surface area (Å²) in [5.74, 6) is 1.18. The molecule has 0 aliphatic heterocycles. The Morgan fingerprint density at radius 2 is 2.12 bits per heavy atom. The third-order valence-corrected chi connectivity index (χ3v) is 4.71. The molecule has 25 heavy (non-hydrogen) atoms. The number of rotatable bonds is 6. The van der Waals surface area contributed by atoms with E-state index in [0.717, 1.165) is 11.3 Å². The molecule has 0 fully saturated rings. The molecule has 0 radical (unpaired) electrons. The van der Waals surface area contributed by atoms with E-state index >= 15 is 0 Å². The van der Waals surface area contributed by atoms with Crippen molar-refractivity contribution in [1.82, 2.24) is 10.2 Å². The number of thiophene rings is 1. The minimum Gasteiger partial charge on any atom is -0.497 e. The first-order valence-electron chi connectivity index (χ1n) is 7.82. The summed E-state index contributed by atoms with van der Waals surface area (Å²) < 4.78 is 10.8. The maximum Gasteiger partial charge on any atom is 0.265 e. The Morgan fingerprint density at radius 3 is 2.76 bits per heavy atom. The molecular formula is C18H19N3O3S. The number of aromatic nitrogens is 2. The molecule has 2 heterocycles. The highest BCUT2D eigenvalue weighted by atomic mass is 32.1. The summed E-state index contributed by atoms with van der Waals surface area (Å²) >= 11 is 1.39. The number of nitrogens with one attached hydrogen (secondary N) is 2. The molecule has 0 saturated carbocycles. The maximum atomic E-state index is 12.5. The molecule has 0 spiro atoms. The van der Waals surface area contributed by atoms with Gasteiger partial charge in [-0.25, -0.2) is 0 Å². The number of amides is 1. The van der Waals surface area contributed by atoms with Crippen LogP contribution < -0.4 is 14.8 Å². The zero-order valence-corrected chi connectivity index (χ0v) is 15.1. The summed E-state index contributed by atoms with van der Waals surface area (Å²) in [5, 5.41) is 12.3. The third kappa shape index (κ3) is 3.36. The van der Waals surface area contributed by atoms with Crippen LogP contribution in [0.25, 0.3) is 11.3 Å². The van der Waals surface area contributed by atoms with Crippen LogP contribution in [0.4, 0.5) is 5.69 Å². The van der Waals surface area contributed by atoms with Crippen LogP contribution >= 0.6 is 11.3 Å². The number of nitrogens with zero attached hydrogens (tertiary/aromatic N) is 1. The highest BCUT2D eigenvalue weighted by Crippen LogP contribution is 2.38. The topological polar surface area (TPSA) is 76.2 Å². The summed E-state index contributed by atoms with van der Waals surface area (Å²) in [5.41, 5.74) is 2.88. The number of anilines is 1. The Labute approximate surface area is 149 Å². The molecule has 0 atom stereocenters. The molecule has 1 aromatic carbocycles. The van der Waals surface area contributed by atoms with Gasteiger partial charge in [0.05, 0.1) is 30.5 Å². The SMILES string of the molecule is CCc1[nH]nc(-c2cc(OC)ccc2OC)c1NC(=O)c1cccs1. The first-order valence-corrected chi connectivity index (χ1v) is 8.70. The Bertz CT molecular complexity index is 872. The molecular weight excluding hydrogens is 338 g/mol. The summed E-state index contributed by atoms with van der Waals surface area (Å²) in [6.07, 6.45) is 0.708. The van der Waals surface area contributed by atoms with E-state index in [0.29, 0.717) is 34.2 Å². The van der Waals surface area contributed by atoms with Crippen molar-refractivity contribution in [3.05, 3.63) is 46.3 Å². The van der Waals surface area contributed by atoms with Crippen LogP contribution in [0, 0.1) is 0 Å². The molecule has 130 valence electrons. The predicted octanol–water partition coefficient (Wildman–Crippen LogP) is 3.97. The Hall–Kier alpha value is -2.80. The number of H-pyrrole nitrogens is 1. The summed E-state index contributed by atoms with van der Waals surface area (Å²) in [6.45, 7) is 2.00. The minimum atomic E-state index is -0.158. The van der Waals surface area contributed by atoms with Crippen LogP contribution in [0.3, 0.4) is 0 Å². The third-order valence-electron chi connectivity index (χ3n) is 3.84. The van der Waals surface area contributed by atoms with Gasteiger partial charge in [0.2, 0.25) is 0 Å². The lowest BCUT2D eigenvalue weighted by molar-refractivity contribution is 0.103. The quantitative estimate of drug-likeness (QED) is 0.700. The molecule has 2 aromatic heterocycles. The molecule has 7 heteroatoms. The Balaban J connectivity index is 2.06. The lowest BCUT2D eigenvalue weighted by atomic mass is 10.1. The van der Waals surface area contributed by atoms with Gasteiger partial charge in [0.15, 0.2) is 0 Å². The van der Waals surface area contributed by atoms with Crippen molar-refractivity contribution in [2.24, 2.45) is 0 Å². The fourth-order valence-corrected chi connectivity index (χ4v) is 3.16. The number of benzene rings is 1. The van der Waals surface area contributed by atoms with Gasteiger partial charge in [0.1, 0.15) is 17.2 Å². The number of carbonyl (C=O) groups is 1. The van der Waals surface area contributed by atoms with Crippen LogP contribution in [-0.4, -0.2) is 30.3 Å². The fourth-order valence-electron chi connectivity index (χ4n) is 2.55. The van der Waals surface area contributed by atoms with Crippen molar-refractivity contribution in [3.63, 3.8) is 0 Å². The second-order valence-electron chi connectivity index (χ2n) is 5.28. The van der Waals surface area contributed by atoms with E-state index in [1.165, 1.54) is 11.3 Å². The van der Waals surface area contributed by atoms with Crippen molar-refractivity contribution in [1.29, 1.82) is 0 Å². The number of hydrogen-bond donors (Lipinski definition) is 2. The first-order chi connectivity index (χ1) is 12.2. The molecule has 3 aromatic rings. The average molecular weight is 357 g/mol. The molecule has 2 N–H and O–H groups in total. The monoisotopic (exact) mass is 357 g/mol. The number of methoxy groups -OCH3 is 2. The number of hydrogen-bond acceptors (Lipinski definition) is 5. The molecule has 0 unspecified atom stereocenters. The van der Waals surface area contributed by atoms with Gasteiger partial charge in [-0.15, -0.1) is 11.3 Å². The van der Waals surface area contributed by atoms with Crippen LogP contribution in [0.2, 0.25) is 0 Å². The second kappa shape index (κ2) is 7.40. The van der Waals surface area contributed by atoms with E-state index in [4.69, 9.17) is 9.47 Å². The van der Waals surface area contributed by atoms with Crippen LogP contribution in [0.1, 0.15) is 22.3 Å². The van der Waals surface area contributed by atoms with Crippen molar-refractivity contribution >= 4 is 22.9 Å². The van der Waals surface area contributed by atoms with Crippen molar-refractivity contribution in [3.8, 4) is 22.8 Å². The van der Waals surface area contributed by atoms with E-state index in [9.17, 15) is 4.79 Å². The van der Waals surface area contributed by atoms with Gasteiger partial charge in [-0.1, -0.05) is 13.0 Å². The number of ether oxygens (including phenoxy) is 2. The van der Waals surface area contributed by atoms with E-state index in [2.05, 4.69) is 15.5 Å².